The van der Waals surface area contributed by atoms with Gasteiger partial charge in [0.25, 0.3) is 0 Å². The summed E-state index contributed by atoms with van der Waals surface area (Å²) in [5, 5.41) is 0. The summed E-state index contributed by atoms with van der Waals surface area (Å²) in [6.07, 6.45) is 4.33. The van der Waals surface area contributed by atoms with Crippen LogP contribution < -0.4 is 0 Å². The molecule has 1 amide bonds. The molecule has 0 atom stereocenters. The lowest BCUT2D eigenvalue weighted by molar-refractivity contribution is -0.133. The molecule has 2 heterocycles. The molecule has 5 nitrogen and oxygen atoms in total. The standard InChI is InChI=1S/C29H30N4O/c34-28(16-17-31-22-27(30-23-31)24-10-4-1-5-11-24)32-18-20-33(21-19-32)29(25-12-6-2-7-13-25)26-14-8-3-9-15-26/h1-15,22-23,29H,16-21H2. The van der Waals surface area contributed by atoms with E-state index >= 15 is 0 Å². The van der Waals surface area contributed by atoms with Crippen molar-refractivity contribution in [3.8, 4) is 11.3 Å². The summed E-state index contributed by atoms with van der Waals surface area (Å²) in [5.74, 6) is 0.214. The highest BCUT2D eigenvalue weighted by atomic mass is 16.2. The second-order valence-corrected chi connectivity index (χ2v) is 8.75. The Bertz CT molecular complexity index is 1140. The largest absolute Gasteiger partial charge is 0.340 e. The minimum absolute atomic E-state index is 0.210. The molecule has 5 heteroatoms. The highest BCUT2D eigenvalue weighted by Gasteiger charge is 2.27. The fraction of sp³-hybridized carbons (Fsp3) is 0.241. The van der Waals surface area contributed by atoms with Gasteiger partial charge in [-0.3, -0.25) is 9.69 Å². The van der Waals surface area contributed by atoms with Gasteiger partial charge >= 0.3 is 0 Å². The third kappa shape index (κ3) is 5.10. The van der Waals surface area contributed by atoms with Gasteiger partial charge in [0.1, 0.15) is 0 Å². The van der Waals surface area contributed by atoms with Gasteiger partial charge in [-0.25, -0.2) is 4.98 Å². The maximum absolute atomic E-state index is 12.9. The van der Waals surface area contributed by atoms with Crippen LogP contribution in [0.2, 0.25) is 0 Å². The van der Waals surface area contributed by atoms with Crippen molar-refractivity contribution in [2.24, 2.45) is 0 Å². The maximum atomic E-state index is 12.9. The van der Waals surface area contributed by atoms with Crippen molar-refractivity contribution in [3.05, 3.63) is 115 Å². The van der Waals surface area contributed by atoms with E-state index in [4.69, 9.17) is 0 Å². The van der Waals surface area contributed by atoms with Crippen molar-refractivity contribution in [2.45, 2.75) is 19.0 Å². The van der Waals surface area contributed by atoms with E-state index in [9.17, 15) is 4.79 Å². The third-order valence-electron chi connectivity index (χ3n) is 6.55. The van der Waals surface area contributed by atoms with Crippen LogP contribution in [0.1, 0.15) is 23.6 Å². The highest BCUT2D eigenvalue weighted by molar-refractivity contribution is 5.76. The molecular weight excluding hydrogens is 420 g/mol. The molecule has 0 spiro atoms. The molecule has 0 N–H and O–H groups in total. The summed E-state index contributed by atoms with van der Waals surface area (Å²) in [6.45, 7) is 3.89. The van der Waals surface area contributed by atoms with Crippen LogP contribution in [0.15, 0.2) is 104 Å². The zero-order valence-electron chi connectivity index (χ0n) is 19.3. The summed E-state index contributed by atoms with van der Waals surface area (Å²) in [7, 11) is 0. The molecule has 0 bridgehead atoms. The van der Waals surface area contributed by atoms with Gasteiger partial charge in [-0.2, -0.15) is 0 Å². The van der Waals surface area contributed by atoms with E-state index in [0.29, 0.717) is 13.0 Å². The van der Waals surface area contributed by atoms with Gasteiger partial charge < -0.3 is 9.47 Å². The van der Waals surface area contributed by atoms with Gasteiger partial charge in [-0.1, -0.05) is 91.0 Å². The lowest BCUT2D eigenvalue weighted by Gasteiger charge is -2.40. The number of amides is 1. The first-order valence-corrected chi connectivity index (χ1v) is 12.0. The van der Waals surface area contributed by atoms with E-state index in [1.54, 1.807) is 0 Å². The SMILES string of the molecule is O=C(CCn1cnc(-c2ccccc2)c1)N1CCN(C(c2ccccc2)c2ccccc2)CC1. The van der Waals surface area contributed by atoms with Crippen molar-refractivity contribution >= 4 is 5.91 Å². The molecule has 0 unspecified atom stereocenters. The number of hydrogen-bond acceptors (Lipinski definition) is 3. The first kappa shape index (κ1) is 22.1. The summed E-state index contributed by atoms with van der Waals surface area (Å²) in [5.41, 5.74) is 4.62. The monoisotopic (exact) mass is 450 g/mol. The number of benzene rings is 3. The molecule has 172 valence electrons. The first-order chi connectivity index (χ1) is 16.8. The quantitative estimate of drug-likeness (QED) is 0.403. The van der Waals surface area contributed by atoms with Gasteiger partial charge in [-0.15, -0.1) is 0 Å². The van der Waals surface area contributed by atoms with Crippen molar-refractivity contribution in [1.29, 1.82) is 0 Å². The summed E-state index contributed by atoms with van der Waals surface area (Å²) >= 11 is 0. The number of nitrogens with zero attached hydrogens (tertiary/aromatic N) is 4. The Hall–Kier alpha value is -3.70. The molecule has 1 saturated heterocycles. The van der Waals surface area contributed by atoms with Crippen LogP contribution in [-0.4, -0.2) is 51.4 Å². The topological polar surface area (TPSA) is 41.4 Å². The minimum atomic E-state index is 0.210. The Morgan fingerprint density at radius 2 is 1.32 bits per heavy atom. The van der Waals surface area contributed by atoms with Gasteiger partial charge in [0.2, 0.25) is 5.91 Å². The smallest absolute Gasteiger partial charge is 0.224 e. The van der Waals surface area contributed by atoms with Crippen LogP contribution in [0.25, 0.3) is 11.3 Å². The number of aromatic nitrogens is 2. The number of hydrogen-bond donors (Lipinski definition) is 0. The molecule has 0 radical (unpaired) electrons. The lowest BCUT2D eigenvalue weighted by Crippen LogP contribution is -2.50. The van der Waals surface area contributed by atoms with Crippen LogP contribution in [0, 0.1) is 0 Å². The van der Waals surface area contributed by atoms with Crippen molar-refractivity contribution in [2.75, 3.05) is 26.2 Å². The number of rotatable bonds is 7. The molecule has 1 aromatic heterocycles. The van der Waals surface area contributed by atoms with Crippen LogP contribution in [0.3, 0.4) is 0 Å². The minimum Gasteiger partial charge on any atom is -0.340 e. The number of aryl methyl sites for hydroxylation is 1. The Morgan fingerprint density at radius 1 is 0.765 bits per heavy atom. The van der Waals surface area contributed by atoms with Gasteiger partial charge in [0, 0.05) is 50.9 Å². The molecule has 1 aliphatic rings. The van der Waals surface area contributed by atoms with Crippen LogP contribution >= 0.6 is 0 Å². The van der Waals surface area contributed by atoms with E-state index in [2.05, 4.69) is 82.7 Å². The van der Waals surface area contributed by atoms with E-state index in [1.807, 2.05) is 40.2 Å². The number of carbonyl (C=O) groups is 1. The molecular formula is C29H30N4O. The van der Waals surface area contributed by atoms with Crippen molar-refractivity contribution in [1.82, 2.24) is 19.4 Å². The van der Waals surface area contributed by atoms with Crippen molar-refractivity contribution < 1.29 is 4.79 Å². The molecule has 0 saturated carbocycles. The molecule has 1 aliphatic heterocycles. The average molecular weight is 451 g/mol. The number of imidazole rings is 1. The Kier molecular flexibility index (Phi) is 6.82. The van der Waals surface area contributed by atoms with Crippen LogP contribution in [-0.2, 0) is 11.3 Å². The fourth-order valence-corrected chi connectivity index (χ4v) is 4.74. The first-order valence-electron chi connectivity index (χ1n) is 12.0. The summed E-state index contributed by atoms with van der Waals surface area (Å²) in [6, 6.07) is 31.7. The van der Waals surface area contributed by atoms with E-state index in [1.165, 1.54) is 11.1 Å². The number of piperazine rings is 1. The third-order valence-corrected chi connectivity index (χ3v) is 6.55. The van der Waals surface area contributed by atoms with E-state index in [0.717, 1.165) is 37.4 Å². The van der Waals surface area contributed by atoms with Gasteiger partial charge in [0.15, 0.2) is 0 Å². The zero-order valence-corrected chi connectivity index (χ0v) is 19.3. The van der Waals surface area contributed by atoms with Crippen molar-refractivity contribution in [3.63, 3.8) is 0 Å². The van der Waals surface area contributed by atoms with E-state index < -0.39 is 0 Å². The molecule has 5 rings (SSSR count). The summed E-state index contributed by atoms with van der Waals surface area (Å²) < 4.78 is 2.01. The van der Waals surface area contributed by atoms with Crippen LogP contribution in [0.5, 0.6) is 0 Å². The molecule has 34 heavy (non-hydrogen) atoms. The average Bonchev–Trinajstić information content (AvgIpc) is 3.39. The van der Waals surface area contributed by atoms with Gasteiger partial charge in [-0.05, 0) is 11.1 Å². The van der Waals surface area contributed by atoms with E-state index in [-0.39, 0.29) is 11.9 Å². The predicted molar refractivity (Wildman–Crippen MR) is 135 cm³/mol. The molecule has 1 fully saturated rings. The normalized spacial score (nSPS) is 14.4. The lowest BCUT2D eigenvalue weighted by atomic mass is 9.96. The second-order valence-electron chi connectivity index (χ2n) is 8.75. The zero-order chi connectivity index (χ0) is 23.2. The fourth-order valence-electron chi connectivity index (χ4n) is 4.74. The summed E-state index contributed by atoms with van der Waals surface area (Å²) in [4.78, 5) is 21.9. The molecule has 0 aliphatic carbocycles. The molecule has 4 aromatic rings. The highest BCUT2D eigenvalue weighted by Crippen LogP contribution is 2.29. The van der Waals surface area contributed by atoms with Crippen LogP contribution in [0.4, 0.5) is 0 Å². The Morgan fingerprint density at radius 3 is 1.91 bits per heavy atom. The Balaban J connectivity index is 1.18. The second kappa shape index (κ2) is 10.5. The maximum Gasteiger partial charge on any atom is 0.224 e. The Labute approximate surface area is 201 Å². The predicted octanol–water partition coefficient (Wildman–Crippen LogP) is 4.87. The number of carbonyl (C=O) groups excluding carboxylic acids is 1. The molecule has 3 aromatic carbocycles. The van der Waals surface area contributed by atoms with Gasteiger partial charge in [0.05, 0.1) is 18.1 Å².